The van der Waals surface area contributed by atoms with Crippen LogP contribution in [0.2, 0.25) is 0 Å². The second kappa shape index (κ2) is 36.8. The molecule has 5 N–H and O–H groups in total. The Bertz CT molecular complexity index is 222. The van der Waals surface area contributed by atoms with E-state index >= 15 is 0 Å². The van der Waals surface area contributed by atoms with Crippen LogP contribution in [0.15, 0.2) is 0 Å². The molecule has 12 heteroatoms. The van der Waals surface area contributed by atoms with Crippen LogP contribution in [-0.2, 0) is 41.0 Å². The number of rotatable bonds is 0. The van der Waals surface area contributed by atoms with E-state index < -0.39 is 29.8 Å². The van der Waals surface area contributed by atoms with Gasteiger partial charge in [0.15, 0.2) is 0 Å². The van der Waals surface area contributed by atoms with E-state index in [1.165, 1.54) is 0 Å². The summed E-state index contributed by atoms with van der Waals surface area (Å²) in [5.74, 6) is -4.17. The monoisotopic (exact) mass is 380 g/mol. The largest absolute Gasteiger partial charge is 1.00 e. The van der Waals surface area contributed by atoms with Crippen LogP contribution in [0.1, 0.15) is 36.0 Å². The van der Waals surface area contributed by atoms with E-state index in [1.54, 1.807) is 0 Å². The second-order valence-electron chi connectivity index (χ2n) is 2.60. The van der Waals surface area contributed by atoms with Crippen molar-refractivity contribution in [3.8, 4) is 0 Å². The molecule has 0 aromatic carbocycles. The van der Waals surface area contributed by atoms with Crippen LogP contribution >= 0.6 is 0 Å². The first kappa shape index (κ1) is 42.8. The normalized spacial score (nSPS) is 5.68. The summed E-state index contributed by atoms with van der Waals surface area (Å²) in [6, 6.07) is 0. The minimum absolute atomic E-state index is 0. The molecule has 0 aliphatic carbocycles. The summed E-state index contributed by atoms with van der Waals surface area (Å²) in [4.78, 5) is 45.0. The van der Waals surface area contributed by atoms with E-state index in [4.69, 9.17) is 49.5 Å². The van der Waals surface area contributed by atoms with Crippen molar-refractivity contribution >= 4 is 29.8 Å². The Labute approximate surface area is 161 Å². The maximum Gasteiger partial charge on any atom is 1.00 e. The van der Waals surface area contributed by atoms with Gasteiger partial charge in [0.05, 0.1) is 0 Å². The van der Waals surface area contributed by atoms with E-state index in [9.17, 15) is 0 Å². The molecule has 0 aromatic heterocycles. The van der Waals surface area contributed by atoms with Gasteiger partial charge in [-0.15, -0.1) is 0 Å². The molecule has 0 radical (unpaired) electrons. The Morgan fingerprint density at radius 3 is 0.500 bits per heavy atom. The van der Waals surface area contributed by atoms with Gasteiger partial charge in [-0.3, -0.25) is 24.0 Å². The van der Waals surface area contributed by atoms with Gasteiger partial charge in [0.25, 0.3) is 29.8 Å². The van der Waals surface area contributed by atoms with E-state index in [1.807, 2.05) is 0 Å². The molecule has 0 fully saturated rings. The molecule has 0 spiro atoms. The van der Waals surface area contributed by atoms with Crippen molar-refractivity contribution < 1.29 is 97.6 Å². The second-order valence-corrected chi connectivity index (χ2v) is 2.60. The number of carboxylic acids is 5. The summed E-state index contributed by atoms with van der Waals surface area (Å²) in [5, 5.41) is 37.1. The van der Waals surface area contributed by atoms with Crippen molar-refractivity contribution in [2.24, 2.45) is 0 Å². The summed E-state index contributed by atoms with van der Waals surface area (Å²) in [6.07, 6.45) is 0. The van der Waals surface area contributed by atoms with E-state index in [-0.39, 0.29) is 48.1 Å². The van der Waals surface area contributed by atoms with Crippen molar-refractivity contribution in [2.75, 3.05) is 0 Å². The van der Waals surface area contributed by atoms with Crippen LogP contribution in [0.4, 0.5) is 0 Å². The number of hydrogen-bond acceptors (Lipinski definition) is 5. The smallest absolute Gasteiger partial charge is 1.00 e. The van der Waals surface area contributed by atoms with E-state index in [2.05, 4.69) is 0 Å². The van der Waals surface area contributed by atoms with E-state index in [0.717, 1.165) is 34.6 Å². The van der Waals surface area contributed by atoms with Crippen molar-refractivity contribution in [3.05, 3.63) is 0 Å². The SMILES string of the molecule is CC(=O)O.CC(=O)O.CC(=O)O.CC(=O)O.CC(=O)O.[Fe].[H-].[Na+]. The van der Waals surface area contributed by atoms with Crippen LogP contribution < -0.4 is 29.6 Å². The van der Waals surface area contributed by atoms with Gasteiger partial charge >= 0.3 is 29.6 Å². The van der Waals surface area contributed by atoms with Gasteiger partial charge in [0.1, 0.15) is 0 Å². The third-order valence-corrected chi connectivity index (χ3v) is 0. The summed E-state index contributed by atoms with van der Waals surface area (Å²) in [7, 11) is 0. The minimum atomic E-state index is -0.833. The predicted octanol–water partition coefficient (Wildman–Crippen LogP) is -2.43. The first-order chi connectivity index (χ1) is 8.66. The number of aliphatic carboxylic acids is 5. The fourth-order valence-electron chi connectivity index (χ4n) is 0. The van der Waals surface area contributed by atoms with Crippen molar-refractivity contribution in [1.29, 1.82) is 0 Å². The fraction of sp³-hybridized carbons (Fsp3) is 0.500. The quantitative estimate of drug-likeness (QED) is 0.283. The molecule has 0 unspecified atom stereocenters. The van der Waals surface area contributed by atoms with Gasteiger partial charge in [-0.2, -0.15) is 0 Å². The third-order valence-electron chi connectivity index (χ3n) is 0. The fourth-order valence-corrected chi connectivity index (χ4v) is 0. The summed E-state index contributed by atoms with van der Waals surface area (Å²) in [5.41, 5.74) is 0. The zero-order valence-electron chi connectivity index (χ0n) is 14.1. The van der Waals surface area contributed by atoms with Crippen molar-refractivity contribution in [2.45, 2.75) is 34.6 Å². The average Bonchev–Trinajstić information content (AvgIpc) is 1.94. The maximum atomic E-state index is 9.00. The Morgan fingerprint density at radius 2 is 0.500 bits per heavy atom. The Morgan fingerprint density at radius 1 is 0.500 bits per heavy atom. The molecule has 0 aliphatic heterocycles. The Hall–Kier alpha value is -1.13. The van der Waals surface area contributed by atoms with Crippen LogP contribution in [-0.4, -0.2) is 55.4 Å². The molecule has 0 atom stereocenters. The van der Waals surface area contributed by atoms with Gasteiger partial charge < -0.3 is 27.0 Å². The van der Waals surface area contributed by atoms with Crippen LogP contribution in [0.3, 0.4) is 0 Å². The minimum Gasteiger partial charge on any atom is -1.00 e. The molecule has 0 saturated heterocycles. The molecule has 0 amide bonds. The van der Waals surface area contributed by atoms with Gasteiger partial charge in [0, 0.05) is 51.7 Å². The van der Waals surface area contributed by atoms with Crippen molar-refractivity contribution in [1.82, 2.24) is 0 Å². The number of carboxylic acid groups (broad SMARTS) is 5. The third kappa shape index (κ3) is 4710. The molecule has 0 saturated carbocycles. The molecular formula is C10H21FeNaO10. The molecule has 10 nitrogen and oxygen atoms in total. The first-order valence-corrected chi connectivity index (χ1v) is 4.64. The molecule has 0 heterocycles. The average molecular weight is 380 g/mol. The van der Waals surface area contributed by atoms with Crippen LogP contribution in [0, 0.1) is 0 Å². The first-order valence-electron chi connectivity index (χ1n) is 4.64. The van der Waals surface area contributed by atoms with Gasteiger partial charge in [0.2, 0.25) is 0 Å². The predicted molar refractivity (Wildman–Crippen MR) is 67.7 cm³/mol. The van der Waals surface area contributed by atoms with E-state index in [0.29, 0.717) is 0 Å². The molecular weight excluding hydrogens is 359 g/mol. The molecule has 0 aromatic rings. The Kier molecular flexibility index (Phi) is 71.6. The van der Waals surface area contributed by atoms with Crippen LogP contribution in [0.5, 0.6) is 0 Å². The van der Waals surface area contributed by atoms with Crippen molar-refractivity contribution in [3.63, 3.8) is 0 Å². The summed E-state index contributed by atoms with van der Waals surface area (Å²) in [6.45, 7) is 5.42. The maximum absolute atomic E-state index is 9.00. The van der Waals surface area contributed by atoms with Gasteiger partial charge in [-0.25, -0.2) is 0 Å². The number of hydrogen-bond donors (Lipinski definition) is 5. The van der Waals surface area contributed by atoms with Crippen LogP contribution in [0.25, 0.3) is 0 Å². The molecule has 22 heavy (non-hydrogen) atoms. The standard InChI is InChI=1S/5C2H4O2.Fe.Na.H/c5*1-2(3)4;;;/h5*1H3,(H,3,4);;;/q;;;;;;+1;-1. The molecule has 0 bridgehead atoms. The molecule has 0 rings (SSSR count). The summed E-state index contributed by atoms with van der Waals surface area (Å²) >= 11 is 0. The van der Waals surface area contributed by atoms with Gasteiger partial charge in [-0.05, 0) is 0 Å². The zero-order chi connectivity index (χ0) is 17.9. The number of carbonyl (C=O) groups is 5. The van der Waals surface area contributed by atoms with Gasteiger partial charge in [-0.1, -0.05) is 0 Å². The Balaban J connectivity index is -0.0000000197. The topological polar surface area (TPSA) is 186 Å². The summed E-state index contributed by atoms with van der Waals surface area (Å²) < 4.78 is 0. The zero-order valence-corrected chi connectivity index (χ0v) is 16.2. The molecule has 0 aliphatic rings. The molecule has 130 valence electrons.